The van der Waals surface area contributed by atoms with Crippen LogP contribution in [0, 0.1) is 5.41 Å². The Kier molecular flexibility index (Phi) is 7.76. The van der Waals surface area contributed by atoms with Gasteiger partial charge in [0.25, 0.3) is 0 Å². The van der Waals surface area contributed by atoms with Crippen LogP contribution >= 0.6 is 0 Å². The smallest absolute Gasteiger partial charge is 0.419 e. The molecule has 3 heterocycles. The topological polar surface area (TPSA) is 123 Å². The van der Waals surface area contributed by atoms with Crippen molar-refractivity contribution in [2.24, 2.45) is 5.41 Å². The van der Waals surface area contributed by atoms with E-state index in [1.54, 1.807) is 15.8 Å². The molecule has 1 N–H and O–H groups in total. The third kappa shape index (κ3) is 6.52. The average Bonchev–Trinajstić information content (AvgIpc) is 3.71. The fourth-order valence-corrected chi connectivity index (χ4v) is 7.37. The first-order valence-electron chi connectivity index (χ1n) is 17.0. The first-order valence-corrected chi connectivity index (χ1v) is 17.0. The number of nitrogens with zero attached hydrogens (tertiary/aromatic N) is 7. The van der Waals surface area contributed by atoms with Gasteiger partial charge in [-0.15, -0.1) is 5.10 Å². The van der Waals surface area contributed by atoms with Gasteiger partial charge in [0.15, 0.2) is 0 Å². The predicted octanol–water partition coefficient (Wildman–Crippen LogP) is 7.30. The first-order chi connectivity index (χ1) is 23.4. The highest BCUT2D eigenvalue weighted by molar-refractivity contribution is 5.96. The van der Waals surface area contributed by atoms with Crippen molar-refractivity contribution in [2.75, 3.05) is 25.5 Å². The van der Waals surface area contributed by atoms with Gasteiger partial charge in [0, 0.05) is 48.4 Å². The molecular weight excluding hydrogens is 639 g/mol. The number of ether oxygens (including phenoxy) is 2. The van der Waals surface area contributed by atoms with Crippen molar-refractivity contribution in [2.45, 2.75) is 90.8 Å². The second-order valence-corrected chi connectivity index (χ2v) is 16.4. The van der Waals surface area contributed by atoms with Crippen LogP contribution in [0.5, 0.6) is 0 Å². The number of benzene rings is 2. The standard InChI is InChI=1S/C37H45FN8O4/c1-34(2,3)49-32(47)44(22-36-19-37(38,20-36)21-36)17-26-12-24-10-9-23(11-31(24)46(26)33(48)50-35(4,5)6)16-45-18-30(41-42-45)27-13-25(43(7)8)14-29-28(27)15-39-40-29/h9-15,18H,16-17,19-22H2,1-8H3,(H,39,40). The molecule has 3 aromatic heterocycles. The SMILES string of the molecule is CN(C)c1cc(-c2cn(Cc3ccc4cc(CN(CC56CC(F)(C5)C6)C(=O)OC(C)(C)C)n(C(=O)OC(C)(C)C)c4c3)nn2)c2cn[nH]c2c1. The number of anilines is 1. The van der Waals surface area contributed by atoms with Crippen molar-refractivity contribution in [1.82, 2.24) is 34.7 Å². The normalized spacial score (nSPS) is 20.0. The quantitative estimate of drug-likeness (QED) is 0.181. The molecule has 1 amide bonds. The minimum atomic E-state index is -1.10. The van der Waals surface area contributed by atoms with Gasteiger partial charge in [0.1, 0.15) is 22.6 Å². The number of hydrogen-bond acceptors (Lipinski definition) is 8. The lowest BCUT2D eigenvalue weighted by Gasteiger charge is -2.66. The molecule has 0 saturated heterocycles. The van der Waals surface area contributed by atoms with E-state index in [1.807, 2.05) is 97.1 Å². The van der Waals surface area contributed by atoms with Crippen LogP contribution in [0.3, 0.4) is 0 Å². The molecule has 0 aliphatic heterocycles. The Morgan fingerprint density at radius 3 is 2.38 bits per heavy atom. The van der Waals surface area contributed by atoms with Crippen LogP contribution in [0.2, 0.25) is 0 Å². The van der Waals surface area contributed by atoms with Crippen molar-refractivity contribution in [1.29, 1.82) is 0 Å². The molecular formula is C37H45FN8O4. The van der Waals surface area contributed by atoms with E-state index < -0.39 is 29.1 Å². The number of rotatable bonds is 8. The number of aromatic nitrogens is 6. The van der Waals surface area contributed by atoms with Crippen molar-refractivity contribution in [3.8, 4) is 11.3 Å². The van der Waals surface area contributed by atoms with E-state index in [0.29, 0.717) is 49.3 Å². The minimum Gasteiger partial charge on any atom is -0.444 e. The maximum absolute atomic E-state index is 14.5. The summed E-state index contributed by atoms with van der Waals surface area (Å²) in [4.78, 5) is 31.0. The average molecular weight is 685 g/mol. The molecule has 264 valence electrons. The predicted molar refractivity (Wildman–Crippen MR) is 189 cm³/mol. The fourth-order valence-electron chi connectivity index (χ4n) is 7.37. The molecule has 13 heteroatoms. The molecule has 3 aliphatic rings. The van der Waals surface area contributed by atoms with Crippen LogP contribution in [-0.4, -0.2) is 84.4 Å². The van der Waals surface area contributed by atoms with Crippen molar-refractivity contribution in [3.05, 3.63) is 60.0 Å². The van der Waals surface area contributed by atoms with Gasteiger partial charge in [-0.05, 0) is 96.0 Å². The number of nitrogens with one attached hydrogen (secondary N) is 1. The van der Waals surface area contributed by atoms with Gasteiger partial charge >= 0.3 is 12.2 Å². The molecule has 5 aromatic rings. The summed E-state index contributed by atoms with van der Waals surface area (Å²) in [7, 11) is 3.97. The summed E-state index contributed by atoms with van der Waals surface area (Å²) in [5.74, 6) is 0. The molecule has 0 spiro atoms. The number of carbonyl (C=O) groups excluding carboxylic acids is 2. The Balaban J connectivity index is 1.21. The van der Waals surface area contributed by atoms with E-state index >= 15 is 0 Å². The van der Waals surface area contributed by atoms with Crippen molar-refractivity contribution >= 4 is 39.7 Å². The van der Waals surface area contributed by atoms with E-state index in [0.717, 1.165) is 33.1 Å². The monoisotopic (exact) mass is 684 g/mol. The highest BCUT2D eigenvalue weighted by atomic mass is 19.1. The summed E-state index contributed by atoms with van der Waals surface area (Å²) in [5.41, 5.74) is 2.83. The largest absolute Gasteiger partial charge is 0.444 e. The molecule has 8 rings (SSSR count). The minimum absolute atomic E-state index is 0.0974. The zero-order valence-corrected chi connectivity index (χ0v) is 30.0. The van der Waals surface area contributed by atoms with Crippen molar-refractivity contribution in [3.63, 3.8) is 0 Å². The number of hydrogen-bond donors (Lipinski definition) is 1. The molecule has 0 radical (unpaired) electrons. The molecule has 2 bridgehead atoms. The van der Waals surface area contributed by atoms with Crippen molar-refractivity contribution < 1.29 is 23.5 Å². The molecule has 0 atom stereocenters. The lowest BCUT2D eigenvalue weighted by atomic mass is 9.42. The maximum Gasteiger partial charge on any atom is 0.419 e. The Labute approximate surface area is 290 Å². The number of carbonyl (C=O) groups is 2. The molecule has 0 unspecified atom stereocenters. The van der Waals surface area contributed by atoms with Crippen LogP contribution in [0.15, 0.2) is 48.8 Å². The van der Waals surface area contributed by atoms with Crippen LogP contribution in [0.1, 0.15) is 72.1 Å². The van der Waals surface area contributed by atoms with E-state index in [1.165, 1.54) is 4.57 Å². The van der Waals surface area contributed by atoms with Crippen LogP contribution in [-0.2, 0) is 22.6 Å². The third-order valence-corrected chi connectivity index (χ3v) is 9.35. The molecule has 12 nitrogen and oxygen atoms in total. The summed E-state index contributed by atoms with van der Waals surface area (Å²) in [6.45, 7) is 11.8. The second kappa shape index (κ2) is 11.6. The van der Waals surface area contributed by atoms with E-state index in [2.05, 4.69) is 26.6 Å². The Morgan fingerprint density at radius 2 is 1.72 bits per heavy atom. The third-order valence-electron chi connectivity index (χ3n) is 9.35. The Bertz CT molecular complexity index is 2090. The number of alkyl halides is 1. The fraction of sp³-hybridized carbons (Fsp3) is 0.486. The van der Waals surface area contributed by atoms with Gasteiger partial charge in [-0.2, -0.15) is 5.10 Å². The number of amides is 1. The molecule has 3 aliphatic carbocycles. The number of H-pyrrole nitrogens is 1. The van der Waals surface area contributed by atoms with Gasteiger partial charge in [0.05, 0.1) is 36.5 Å². The summed E-state index contributed by atoms with van der Waals surface area (Å²) in [6, 6.07) is 11.9. The van der Waals surface area contributed by atoms with Gasteiger partial charge < -0.3 is 19.3 Å². The van der Waals surface area contributed by atoms with Crippen LogP contribution < -0.4 is 4.90 Å². The number of halogens is 1. The molecule has 3 fully saturated rings. The van der Waals surface area contributed by atoms with E-state index in [-0.39, 0.29) is 12.0 Å². The Morgan fingerprint density at radius 1 is 1.00 bits per heavy atom. The van der Waals surface area contributed by atoms with Gasteiger partial charge in [-0.25, -0.2) is 23.2 Å². The summed E-state index contributed by atoms with van der Waals surface area (Å²) in [5, 5.41) is 18.0. The maximum atomic E-state index is 14.5. The Hall–Kier alpha value is -4.94. The van der Waals surface area contributed by atoms with E-state index in [4.69, 9.17) is 9.47 Å². The highest BCUT2D eigenvalue weighted by Gasteiger charge is 2.69. The summed E-state index contributed by atoms with van der Waals surface area (Å²) < 4.78 is 29.5. The van der Waals surface area contributed by atoms with Gasteiger partial charge in [-0.1, -0.05) is 17.3 Å². The lowest BCUT2D eigenvalue weighted by molar-refractivity contribution is -0.220. The molecule has 50 heavy (non-hydrogen) atoms. The van der Waals surface area contributed by atoms with Crippen LogP contribution in [0.25, 0.3) is 33.1 Å². The number of fused-ring (bicyclic) bond motifs is 2. The van der Waals surface area contributed by atoms with E-state index in [9.17, 15) is 14.0 Å². The van der Waals surface area contributed by atoms with Gasteiger partial charge in [-0.3, -0.25) is 5.10 Å². The first kappa shape index (κ1) is 33.6. The zero-order chi connectivity index (χ0) is 35.8. The highest BCUT2D eigenvalue weighted by Crippen LogP contribution is 2.69. The van der Waals surface area contributed by atoms with Crippen LogP contribution in [0.4, 0.5) is 19.7 Å². The summed E-state index contributed by atoms with van der Waals surface area (Å²) in [6.07, 6.45) is 3.96. The molecule has 2 aromatic carbocycles. The summed E-state index contributed by atoms with van der Waals surface area (Å²) >= 11 is 0. The lowest BCUT2D eigenvalue weighted by Crippen LogP contribution is -2.68. The number of aromatic amines is 1. The zero-order valence-electron chi connectivity index (χ0n) is 30.0. The van der Waals surface area contributed by atoms with Gasteiger partial charge in [0.2, 0.25) is 0 Å². The second-order valence-electron chi connectivity index (χ2n) is 16.4. The molecule has 3 saturated carbocycles.